The molecular weight excluding hydrogens is 360 g/mol. The van der Waals surface area contributed by atoms with E-state index in [-0.39, 0.29) is 5.91 Å². The minimum absolute atomic E-state index is 0.152. The van der Waals surface area contributed by atoms with Crippen LogP contribution in [0.4, 0.5) is 5.69 Å². The Balaban J connectivity index is 1.72. The second-order valence-corrected chi connectivity index (χ2v) is 6.94. The Morgan fingerprint density at radius 1 is 1.27 bits per heavy atom. The molecule has 2 aromatic carbocycles. The number of aromatic nitrogens is 1. The molecule has 3 nitrogen and oxygen atoms in total. The van der Waals surface area contributed by atoms with E-state index in [4.69, 9.17) is 0 Å². The number of thiazole rings is 1. The summed E-state index contributed by atoms with van der Waals surface area (Å²) < 4.78 is 2.06. The van der Waals surface area contributed by atoms with Crippen LogP contribution in [0.3, 0.4) is 0 Å². The summed E-state index contributed by atoms with van der Waals surface area (Å²) in [6.45, 7) is 1.98. The van der Waals surface area contributed by atoms with Gasteiger partial charge in [0.05, 0.1) is 15.2 Å². The van der Waals surface area contributed by atoms with E-state index in [0.717, 1.165) is 30.9 Å². The van der Waals surface area contributed by atoms with Crippen molar-refractivity contribution in [1.29, 1.82) is 0 Å². The summed E-state index contributed by atoms with van der Waals surface area (Å²) in [5.74, 6) is -0.152. The summed E-state index contributed by atoms with van der Waals surface area (Å²) in [4.78, 5) is 16.4. The van der Waals surface area contributed by atoms with Gasteiger partial charge >= 0.3 is 0 Å². The molecule has 1 amide bonds. The second-order valence-electron chi connectivity index (χ2n) is 4.79. The lowest BCUT2D eigenvalue weighted by Crippen LogP contribution is -2.07. The predicted molar refractivity (Wildman–Crippen MR) is 96.2 cm³/mol. The molecule has 3 aromatic rings. The molecule has 0 fully saturated rings. The molecule has 0 aliphatic heterocycles. The van der Waals surface area contributed by atoms with Crippen molar-refractivity contribution >= 4 is 55.2 Å². The fourth-order valence-electron chi connectivity index (χ4n) is 2.08. The number of carbonyl (C=O) groups excluding carboxylic acids is 1. The van der Waals surface area contributed by atoms with Gasteiger partial charge in [0.2, 0.25) is 5.91 Å². The lowest BCUT2D eigenvalue weighted by molar-refractivity contribution is -0.111. The van der Waals surface area contributed by atoms with Gasteiger partial charge in [-0.25, -0.2) is 4.98 Å². The van der Waals surface area contributed by atoms with Crippen LogP contribution < -0.4 is 5.32 Å². The first-order chi connectivity index (χ1) is 10.6. The molecule has 3 rings (SSSR count). The summed E-state index contributed by atoms with van der Waals surface area (Å²) in [6, 6.07) is 13.5. The molecule has 0 bridgehead atoms. The van der Waals surface area contributed by atoms with E-state index < -0.39 is 0 Å². The fraction of sp³-hybridized carbons (Fsp3) is 0.0588. The number of nitrogens with zero attached hydrogens (tertiary/aromatic N) is 1. The van der Waals surface area contributed by atoms with Crippen LogP contribution in [-0.2, 0) is 4.79 Å². The maximum absolute atomic E-state index is 12.0. The summed E-state index contributed by atoms with van der Waals surface area (Å²) in [7, 11) is 0. The van der Waals surface area contributed by atoms with Crippen LogP contribution in [0.25, 0.3) is 16.3 Å². The highest BCUT2D eigenvalue weighted by molar-refractivity contribution is 9.10. The number of rotatable bonds is 3. The number of amides is 1. The van der Waals surface area contributed by atoms with E-state index >= 15 is 0 Å². The SMILES string of the molecule is Cc1nc2ccc(NC(=O)/C=C/c3cccc(Br)c3)cc2s1. The lowest BCUT2D eigenvalue weighted by atomic mass is 10.2. The number of benzene rings is 2. The van der Waals surface area contributed by atoms with Crippen LogP contribution in [0.1, 0.15) is 10.6 Å². The van der Waals surface area contributed by atoms with E-state index in [0.29, 0.717) is 0 Å². The zero-order chi connectivity index (χ0) is 15.5. The number of aryl methyl sites for hydroxylation is 1. The smallest absolute Gasteiger partial charge is 0.248 e. The Kier molecular flexibility index (Phi) is 4.36. The minimum atomic E-state index is -0.152. The third-order valence-corrected chi connectivity index (χ3v) is 4.47. The van der Waals surface area contributed by atoms with E-state index in [1.165, 1.54) is 6.08 Å². The first kappa shape index (κ1) is 14.9. The molecule has 1 N–H and O–H groups in total. The highest BCUT2D eigenvalue weighted by atomic mass is 79.9. The summed E-state index contributed by atoms with van der Waals surface area (Å²) in [5.41, 5.74) is 2.71. The maximum Gasteiger partial charge on any atom is 0.248 e. The van der Waals surface area contributed by atoms with Gasteiger partial charge in [0.15, 0.2) is 0 Å². The summed E-state index contributed by atoms with van der Waals surface area (Å²) in [6.07, 6.45) is 3.32. The van der Waals surface area contributed by atoms with Gasteiger partial charge in [0, 0.05) is 16.2 Å². The Labute approximate surface area is 140 Å². The van der Waals surface area contributed by atoms with Crippen LogP contribution in [0.2, 0.25) is 0 Å². The van der Waals surface area contributed by atoms with Gasteiger partial charge in [0.25, 0.3) is 0 Å². The number of nitrogens with one attached hydrogen (secondary N) is 1. The van der Waals surface area contributed by atoms with Crippen LogP contribution in [0, 0.1) is 6.92 Å². The molecule has 0 radical (unpaired) electrons. The van der Waals surface area contributed by atoms with E-state index in [1.807, 2.05) is 49.4 Å². The number of carbonyl (C=O) groups is 1. The van der Waals surface area contributed by atoms with Gasteiger partial charge in [-0.05, 0) is 48.9 Å². The van der Waals surface area contributed by atoms with Crippen molar-refractivity contribution in [3.05, 3.63) is 63.6 Å². The number of hydrogen-bond acceptors (Lipinski definition) is 3. The monoisotopic (exact) mass is 372 g/mol. The summed E-state index contributed by atoms with van der Waals surface area (Å²) in [5, 5.41) is 3.89. The van der Waals surface area contributed by atoms with Gasteiger partial charge in [-0.15, -0.1) is 11.3 Å². The Morgan fingerprint density at radius 3 is 2.95 bits per heavy atom. The third-order valence-electron chi connectivity index (χ3n) is 3.04. The largest absolute Gasteiger partial charge is 0.322 e. The van der Waals surface area contributed by atoms with E-state index in [2.05, 4.69) is 26.2 Å². The first-order valence-corrected chi connectivity index (χ1v) is 8.33. The maximum atomic E-state index is 12.0. The Bertz CT molecular complexity index is 870. The fourth-order valence-corrected chi connectivity index (χ4v) is 3.37. The first-order valence-electron chi connectivity index (χ1n) is 6.72. The zero-order valence-electron chi connectivity index (χ0n) is 11.8. The molecule has 1 heterocycles. The Hall–Kier alpha value is -1.98. The van der Waals surface area contributed by atoms with Gasteiger partial charge in [-0.1, -0.05) is 28.1 Å². The highest BCUT2D eigenvalue weighted by Crippen LogP contribution is 2.24. The van der Waals surface area contributed by atoms with Gasteiger partial charge in [-0.3, -0.25) is 4.79 Å². The normalized spacial score (nSPS) is 11.2. The van der Waals surface area contributed by atoms with Crippen molar-refractivity contribution in [2.75, 3.05) is 5.32 Å². The van der Waals surface area contributed by atoms with Crippen molar-refractivity contribution in [3.8, 4) is 0 Å². The quantitative estimate of drug-likeness (QED) is 0.655. The zero-order valence-corrected chi connectivity index (χ0v) is 14.2. The van der Waals surface area contributed by atoms with Crippen molar-refractivity contribution in [3.63, 3.8) is 0 Å². The third kappa shape index (κ3) is 3.61. The molecule has 5 heteroatoms. The molecule has 0 aliphatic carbocycles. The number of fused-ring (bicyclic) bond motifs is 1. The molecular formula is C17H13BrN2OS. The number of anilines is 1. The molecule has 1 aromatic heterocycles. The van der Waals surface area contributed by atoms with E-state index in [9.17, 15) is 4.79 Å². The molecule has 0 aliphatic rings. The van der Waals surface area contributed by atoms with Crippen molar-refractivity contribution < 1.29 is 4.79 Å². The topological polar surface area (TPSA) is 42.0 Å². The molecule has 0 atom stereocenters. The van der Waals surface area contributed by atoms with Gasteiger partial charge < -0.3 is 5.32 Å². The standard InChI is InChI=1S/C17H13BrN2OS/c1-11-19-15-7-6-14(10-16(15)22-11)20-17(21)8-5-12-3-2-4-13(18)9-12/h2-10H,1H3,(H,20,21)/b8-5+. The average Bonchev–Trinajstić information content (AvgIpc) is 2.84. The van der Waals surface area contributed by atoms with Crippen LogP contribution >= 0.6 is 27.3 Å². The van der Waals surface area contributed by atoms with Crippen molar-refractivity contribution in [2.24, 2.45) is 0 Å². The molecule has 22 heavy (non-hydrogen) atoms. The average molecular weight is 373 g/mol. The van der Waals surface area contributed by atoms with E-state index in [1.54, 1.807) is 17.4 Å². The number of hydrogen-bond donors (Lipinski definition) is 1. The van der Waals surface area contributed by atoms with Gasteiger partial charge in [0.1, 0.15) is 0 Å². The van der Waals surface area contributed by atoms with Gasteiger partial charge in [-0.2, -0.15) is 0 Å². The van der Waals surface area contributed by atoms with Crippen LogP contribution in [0.5, 0.6) is 0 Å². The predicted octanol–water partition coefficient (Wildman–Crippen LogP) is 5.02. The second kappa shape index (κ2) is 6.42. The molecule has 0 saturated carbocycles. The Morgan fingerprint density at radius 2 is 2.14 bits per heavy atom. The van der Waals surface area contributed by atoms with Crippen LogP contribution in [-0.4, -0.2) is 10.9 Å². The molecule has 0 saturated heterocycles. The number of halogens is 1. The van der Waals surface area contributed by atoms with Crippen LogP contribution in [0.15, 0.2) is 53.0 Å². The van der Waals surface area contributed by atoms with Crippen molar-refractivity contribution in [2.45, 2.75) is 6.92 Å². The molecule has 0 unspecified atom stereocenters. The minimum Gasteiger partial charge on any atom is -0.322 e. The lowest BCUT2D eigenvalue weighted by Gasteiger charge is -2.01. The molecule has 0 spiro atoms. The summed E-state index contributed by atoms with van der Waals surface area (Å²) >= 11 is 5.03. The molecule has 110 valence electrons. The highest BCUT2D eigenvalue weighted by Gasteiger charge is 2.03. The van der Waals surface area contributed by atoms with Crippen molar-refractivity contribution in [1.82, 2.24) is 4.98 Å².